The van der Waals surface area contributed by atoms with Crippen LogP contribution in [0, 0.1) is 16.3 Å². The molecule has 0 radical (unpaired) electrons. The third-order valence-corrected chi connectivity index (χ3v) is 4.99. The second-order valence-electron chi connectivity index (χ2n) is 6.89. The number of rotatable bonds is 7. The van der Waals surface area contributed by atoms with E-state index in [1.165, 1.54) is 6.07 Å². The number of hydrogen-bond acceptors (Lipinski definition) is 4. The number of benzene rings is 2. The summed E-state index contributed by atoms with van der Waals surface area (Å²) in [4.78, 5) is 13.0. The number of ketones is 1. The van der Waals surface area contributed by atoms with Crippen LogP contribution in [-0.4, -0.2) is 12.4 Å². The summed E-state index contributed by atoms with van der Waals surface area (Å²) in [5, 5.41) is 25.6. The van der Waals surface area contributed by atoms with Crippen molar-refractivity contribution in [2.24, 2.45) is 5.92 Å². The third-order valence-electron chi connectivity index (χ3n) is 4.46. The average molecular weight is 445 g/mol. The van der Waals surface area contributed by atoms with E-state index in [1.807, 2.05) is 0 Å². The Labute approximate surface area is 171 Å². The molecular formula is C21H21BrN2O4. The maximum absolute atomic E-state index is 13.0. The Morgan fingerprint density at radius 3 is 2.21 bits per heavy atom. The summed E-state index contributed by atoms with van der Waals surface area (Å²) in [6.07, 6.45) is 0.937. The topological polar surface area (TPSA) is 80.2 Å². The Hall–Kier alpha value is -2.67. The zero-order chi connectivity index (χ0) is 20.3. The number of carbonyl (C=O) groups is 1. The smallest absolute Gasteiger partial charge is 0.335 e. The van der Waals surface area contributed by atoms with Gasteiger partial charge in [0, 0.05) is 17.7 Å². The van der Waals surface area contributed by atoms with Crippen LogP contribution in [0.5, 0.6) is 5.75 Å². The van der Waals surface area contributed by atoms with E-state index in [1.54, 1.807) is 42.5 Å². The maximum atomic E-state index is 13.0. The van der Waals surface area contributed by atoms with Crippen molar-refractivity contribution in [3.63, 3.8) is 0 Å². The lowest BCUT2D eigenvalue weighted by Gasteiger charge is -2.12. The highest BCUT2D eigenvalue weighted by molar-refractivity contribution is 9.08. The van der Waals surface area contributed by atoms with Crippen molar-refractivity contribution in [2.75, 3.05) is 6.61 Å². The first-order valence-corrected chi connectivity index (χ1v) is 10.2. The molecule has 2 aromatic carbocycles. The molecule has 0 aliphatic heterocycles. The van der Waals surface area contributed by atoms with Gasteiger partial charge in [-0.05, 0) is 36.6 Å². The Balaban J connectivity index is 1.96. The molecule has 3 aromatic rings. The Morgan fingerprint density at radius 1 is 1.04 bits per heavy atom. The number of para-hydroxylation sites is 2. The van der Waals surface area contributed by atoms with Crippen molar-refractivity contribution >= 4 is 32.7 Å². The molecule has 1 aromatic heterocycles. The van der Waals surface area contributed by atoms with E-state index in [4.69, 9.17) is 4.74 Å². The highest BCUT2D eigenvalue weighted by Crippen LogP contribution is 2.18. The van der Waals surface area contributed by atoms with E-state index >= 15 is 0 Å². The molecule has 0 fully saturated rings. The van der Waals surface area contributed by atoms with Gasteiger partial charge in [-0.3, -0.25) is 4.79 Å². The predicted molar refractivity (Wildman–Crippen MR) is 109 cm³/mol. The SMILES string of the molecule is CC(C)CCOc1ccc(C(=O)c2c(CBr)[n+]([O-])c3ccccc3[n+]2[O-])cc1. The lowest BCUT2D eigenvalue weighted by molar-refractivity contribution is -0.635. The van der Waals surface area contributed by atoms with E-state index in [-0.39, 0.29) is 27.8 Å². The number of fused-ring (bicyclic) bond motifs is 1. The van der Waals surface area contributed by atoms with Crippen LogP contribution >= 0.6 is 15.9 Å². The predicted octanol–water partition coefficient (Wildman–Crippen LogP) is 3.66. The molecule has 6 nitrogen and oxygen atoms in total. The van der Waals surface area contributed by atoms with E-state index in [0.717, 1.165) is 6.42 Å². The Morgan fingerprint density at radius 2 is 1.64 bits per heavy atom. The first-order valence-electron chi connectivity index (χ1n) is 9.04. The first-order chi connectivity index (χ1) is 13.4. The summed E-state index contributed by atoms with van der Waals surface area (Å²) in [6.45, 7) is 4.84. The summed E-state index contributed by atoms with van der Waals surface area (Å²) in [5.41, 5.74) is 0.588. The Bertz CT molecular complexity index is 1000. The van der Waals surface area contributed by atoms with E-state index in [2.05, 4.69) is 29.8 Å². The normalized spacial score (nSPS) is 11.1. The minimum Gasteiger partial charge on any atom is -0.618 e. The average Bonchev–Trinajstić information content (AvgIpc) is 2.70. The molecule has 0 aliphatic rings. The number of alkyl halides is 1. The zero-order valence-corrected chi connectivity index (χ0v) is 17.3. The van der Waals surface area contributed by atoms with Gasteiger partial charge >= 0.3 is 5.69 Å². The second-order valence-corrected chi connectivity index (χ2v) is 7.45. The molecule has 0 atom stereocenters. The lowest BCUT2D eigenvalue weighted by atomic mass is 10.1. The molecule has 146 valence electrons. The van der Waals surface area contributed by atoms with Gasteiger partial charge < -0.3 is 15.2 Å². The van der Waals surface area contributed by atoms with Gasteiger partial charge in [0.05, 0.1) is 11.9 Å². The molecule has 0 N–H and O–H groups in total. The van der Waals surface area contributed by atoms with Crippen molar-refractivity contribution in [1.82, 2.24) is 0 Å². The van der Waals surface area contributed by atoms with Crippen molar-refractivity contribution in [3.05, 3.63) is 75.9 Å². The second kappa shape index (κ2) is 8.56. The monoisotopic (exact) mass is 444 g/mol. The van der Waals surface area contributed by atoms with Crippen LogP contribution in [-0.2, 0) is 5.33 Å². The molecular weight excluding hydrogens is 424 g/mol. The molecule has 0 spiro atoms. The molecule has 28 heavy (non-hydrogen) atoms. The summed E-state index contributed by atoms with van der Waals surface area (Å²) >= 11 is 3.23. The number of halogens is 1. The van der Waals surface area contributed by atoms with Crippen LogP contribution in [0.3, 0.4) is 0 Å². The summed E-state index contributed by atoms with van der Waals surface area (Å²) < 4.78 is 6.83. The van der Waals surface area contributed by atoms with Crippen LogP contribution in [0.2, 0.25) is 0 Å². The molecule has 0 saturated heterocycles. The number of hydrogen-bond donors (Lipinski definition) is 0. The number of ether oxygens (including phenoxy) is 1. The highest BCUT2D eigenvalue weighted by atomic mass is 79.9. The third kappa shape index (κ3) is 3.94. The molecule has 0 saturated carbocycles. The van der Waals surface area contributed by atoms with Crippen molar-refractivity contribution < 1.29 is 19.0 Å². The highest BCUT2D eigenvalue weighted by Gasteiger charge is 2.33. The minimum atomic E-state index is -0.506. The number of aromatic nitrogens is 2. The van der Waals surface area contributed by atoms with Crippen LogP contribution in [0.4, 0.5) is 0 Å². The van der Waals surface area contributed by atoms with Crippen molar-refractivity contribution in [1.29, 1.82) is 0 Å². The molecule has 7 heteroatoms. The van der Waals surface area contributed by atoms with Gasteiger partial charge in [-0.25, -0.2) is 0 Å². The molecule has 3 rings (SSSR count). The standard InChI is InChI=1S/C21H21BrN2O4/c1-14(2)11-12-28-16-9-7-15(8-10-16)21(25)20-19(13-22)23(26)17-5-3-4-6-18(17)24(20)27/h3-10,14H,11-13H2,1-2H3. The minimum absolute atomic E-state index is 0.0796. The molecule has 0 aliphatic carbocycles. The van der Waals surface area contributed by atoms with Crippen LogP contribution in [0.15, 0.2) is 48.5 Å². The van der Waals surface area contributed by atoms with Gasteiger partial charge in [0.1, 0.15) is 5.75 Å². The molecule has 1 heterocycles. The van der Waals surface area contributed by atoms with Gasteiger partial charge in [-0.1, -0.05) is 41.9 Å². The quantitative estimate of drug-likeness (QED) is 0.241. The molecule has 0 unspecified atom stereocenters. The summed E-state index contributed by atoms with van der Waals surface area (Å²) in [6, 6.07) is 13.0. The van der Waals surface area contributed by atoms with Gasteiger partial charge in [-0.15, -0.1) is 0 Å². The molecule has 0 amide bonds. The summed E-state index contributed by atoms with van der Waals surface area (Å²) in [5.74, 6) is 0.696. The van der Waals surface area contributed by atoms with E-state index in [0.29, 0.717) is 33.3 Å². The van der Waals surface area contributed by atoms with E-state index < -0.39 is 5.78 Å². The van der Waals surface area contributed by atoms with Crippen molar-refractivity contribution in [3.8, 4) is 5.75 Å². The fourth-order valence-electron chi connectivity index (χ4n) is 2.88. The largest absolute Gasteiger partial charge is 0.618 e. The molecule has 0 bridgehead atoms. The first kappa shape index (κ1) is 20.1. The van der Waals surface area contributed by atoms with Crippen molar-refractivity contribution in [2.45, 2.75) is 25.6 Å². The zero-order valence-electron chi connectivity index (χ0n) is 15.7. The number of nitrogens with zero attached hydrogens (tertiary/aromatic N) is 2. The fraction of sp³-hybridized carbons (Fsp3) is 0.286. The maximum Gasteiger partial charge on any atom is 0.335 e. The fourth-order valence-corrected chi connectivity index (χ4v) is 3.37. The van der Waals surface area contributed by atoms with E-state index in [9.17, 15) is 15.2 Å². The van der Waals surface area contributed by atoms with Gasteiger partial charge in [0.2, 0.25) is 0 Å². The van der Waals surface area contributed by atoms with Gasteiger partial charge in [0.25, 0.3) is 22.5 Å². The van der Waals surface area contributed by atoms with Crippen LogP contribution < -0.4 is 14.2 Å². The van der Waals surface area contributed by atoms with Gasteiger partial charge in [-0.2, -0.15) is 9.46 Å². The summed E-state index contributed by atoms with van der Waals surface area (Å²) in [7, 11) is 0. The van der Waals surface area contributed by atoms with Crippen LogP contribution in [0.25, 0.3) is 11.0 Å². The Kier molecular flexibility index (Phi) is 6.14. The number of carbonyl (C=O) groups excluding carboxylic acids is 1. The lowest BCUT2D eigenvalue weighted by Crippen LogP contribution is -2.47. The van der Waals surface area contributed by atoms with Crippen LogP contribution in [0.1, 0.15) is 42.0 Å². The van der Waals surface area contributed by atoms with Gasteiger partial charge in [0.15, 0.2) is 0 Å².